The quantitative estimate of drug-likeness (QED) is 0.204. The fraction of sp³-hybridized carbons (Fsp3) is 0.226. The first-order valence-corrected chi connectivity index (χ1v) is 14.6. The Morgan fingerprint density at radius 1 is 1.07 bits per heavy atom. The summed E-state index contributed by atoms with van der Waals surface area (Å²) in [6, 6.07) is 16.3. The van der Waals surface area contributed by atoms with Crippen LogP contribution < -0.4 is 11.5 Å². The van der Waals surface area contributed by atoms with E-state index in [1.807, 2.05) is 37.3 Å². The fourth-order valence-corrected chi connectivity index (χ4v) is 6.17. The molecule has 218 valence electrons. The Balaban J connectivity index is 1.21. The molecule has 6 rings (SSSR count). The highest BCUT2D eigenvalue weighted by Crippen LogP contribution is 2.37. The summed E-state index contributed by atoms with van der Waals surface area (Å²) in [6.45, 7) is 1.90. The van der Waals surface area contributed by atoms with Gasteiger partial charge in [-0.2, -0.15) is 11.8 Å². The minimum absolute atomic E-state index is 0.218. The zero-order valence-corrected chi connectivity index (χ0v) is 23.9. The van der Waals surface area contributed by atoms with Gasteiger partial charge in [0.2, 0.25) is 5.91 Å². The number of aliphatic hydroxyl groups excluding tert-OH is 2. The number of nitrogen functional groups attached to an aromatic ring is 1. The Morgan fingerprint density at radius 2 is 1.84 bits per heavy atom. The van der Waals surface area contributed by atoms with Crippen LogP contribution in [0, 0.1) is 18.8 Å². The van der Waals surface area contributed by atoms with E-state index in [2.05, 4.69) is 27.0 Å². The number of hydrogen-bond acceptors (Lipinski definition) is 10. The van der Waals surface area contributed by atoms with Gasteiger partial charge in [-0.15, -0.1) is 0 Å². The lowest BCUT2D eigenvalue weighted by Crippen LogP contribution is -2.32. The molecule has 1 aliphatic heterocycles. The number of carbonyl (C=O) groups excluding carboxylic acids is 1. The summed E-state index contributed by atoms with van der Waals surface area (Å²) in [5.74, 6) is 7.54. The van der Waals surface area contributed by atoms with Gasteiger partial charge in [0.1, 0.15) is 30.0 Å². The van der Waals surface area contributed by atoms with Crippen LogP contribution in [-0.4, -0.2) is 59.9 Å². The van der Waals surface area contributed by atoms with Gasteiger partial charge < -0.3 is 35.5 Å². The van der Waals surface area contributed by atoms with Crippen LogP contribution in [0.3, 0.4) is 0 Å². The number of rotatable bonds is 7. The molecule has 12 heteroatoms. The first-order chi connectivity index (χ1) is 20.8. The molecule has 5 aromatic rings. The van der Waals surface area contributed by atoms with E-state index >= 15 is 0 Å². The smallest absolute Gasteiger partial charge is 0.248 e. The van der Waals surface area contributed by atoms with Gasteiger partial charge in [-0.25, -0.2) is 9.97 Å². The summed E-state index contributed by atoms with van der Waals surface area (Å²) in [5, 5.41) is 26.6. The topological polar surface area (TPSA) is 176 Å². The molecule has 43 heavy (non-hydrogen) atoms. The molecule has 4 atom stereocenters. The molecule has 11 nitrogen and oxygen atoms in total. The maximum absolute atomic E-state index is 11.4. The molecule has 0 aliphatic carbocycles. The van der Waals surface area contributed by atoms with Gasteiger partial charge in [-0.05, 0) is 31.2 Å². The first-order valence-electron chi connectivity index (χ1n) is 13.4. The Morgan fingerprint density at radius 3 is 2.58 bits per heavy atom. The molecule has 4 heterocycles. The van der Waals surface area contributed by atoms with Crippen molar-refractivity contribution in [2.24, 2.45) is 5.73 Å². The van der Waals surface area contributed by atoms with E-state index in [-0.39, 0.29) is 5.82 Å². The highest BCUT2D eigenvalue weighted by Gasteiger charge is 2.44. The number of aliphatic hydroxyl groups is 2. The molecule has 6 N–H and O–H groups in total. The van der Waals surface area contributed by atoms with Crippen molar-refractivity contribution < 1.29 is 24.3 Å². The summed E-state index contributed by atoms with van der Waals surface area (Å²) >= 11 is 1.55. The minimum Gasteiger partial charge on any atom is -0.387 e. The lowest BCUT2D eigenvalue weighted by Gasteiger charge is -2.17. The number of carbonyl (C=O) groups is 1. The van der Waals surface area contributed by atoms with E-state index in [0.29, 0.717) is 45.0 Å². The number of nitrogens with two attached hydrogens (primary N) is 2. The molecule has 0 bridgehead atoms. The van der Waals surface area contributed by atoms with Crippen molar-refractivity contribution in [1.82, 2.24) is 19.7 Å². The monoisotopic (exact) mass is 596 g/mol. The third-order valence-electron chi connectivity index (χ3n) is 7.31. The van der Waals surface area contributed by atoms with Crippen LogP contribution in [0.1, 0.15) is 39.0 Å². The van der Waals surface area contributed by atoms with E-state index in [1.54, 1.807) is 46.8 Å². The molecule has 1 saturated heterocycles. The third-order valence-corrected chi connectivity index (χ3v) is 8.37. The molecule has 0 saturated carbocycles. The SMILES string of the molecule is Cc1noc(-c2ccccc2)c1CSC[C@H]1O[C@@H](n2cc(C#Cc3ccc(C(N)=O)cc3)c3c(N)ncnc32)[C@H](O)[C@@H]1O. The molecule has 2 aromatic carbocycles. The largest absolute Gasteiger partial charge is 0.387 e. The van der Waals surface area contributed by atoms with E-state index in [1.165, 1.54) is 6.33 Å². The molecule has 0 radical (unpaired) electrons. The summed E-state index contributed by atoms with van der Waals surface area (Å²) in [4.78, 5) is 19.9. The lowest BCUT2D eigenvalue weighted by atomic mass is 10.1. The summed E-state index contributed by atoms with van der Waals surface area (Å²) in [5.41, 5.74) is 16.2. The van der Waals surface area contributed by atoms with Gasteiger partial charge >= 0.3 is 0 Å². The third kappa shape index (κ3) is 5.59. The number of primary amides is 1. The highest BCUT2D eigenvalue weighted by atomic mass is 32.2. The van der Waals surface area contributed by atoms with Crippen molar-refractivity contribution in [3.63, 3.8) is 0 Å². The predicted octanol–water partition coefficient (Wildman–Crippen LogP) is 3.03. The average Bonchev–Trinajstić information content (AvgIpc) is 3.66. The Bertz CT molecular complexity index is 1840. The number of aromatic nitrogens is 4. The standard InChI is InChI=1S/C31H28N6O5S/c1-17-22(27(42-36-17)19-5-3-2-4-6-19)14-43-15-23-25(38)26(39)31(41-23)37-13-21(24-28(32)34-16-35-30(24)37)12-9-18-7-10-20(11-8-18)29(33)40/h2-8,10-11,13,16,23,25-26,31,38-39H,14-15H2,1H3,(H2,33,40)(H2,32,34,35)/t23-,25-,26-,31-/m1/s1. The Hall–Kier alpha value is -4.67. The average molecular weight is 597 g/mol. The number of aryl methyl sites for hydroxylation is 1. The molecule has 3 aromatic heterocycles. The molecule has 0 spiro atoms. The van der Waals surface area contributed by atoms with Crippen LogP contribution in [0.5, 0.6) is 0 Å². The van der Waals surface area contributed by atoms with Crippen molar-refractivity contribution in [3.8, 4) is 23.2 Å². The van der Waals surface area contributed by atoms with Gasteiger partial charge in [0, 0.05) is 40.0 Å². The molecular weight excluding hydrogens is 568 g/mol. The van der Waals surface area contributed by atoms with Gasteiger partial charge in [0.15, 0.2) is 12.0 Å². The van der Waals surface area contributed by atoms with Crippen molar-refractivity contribution >= 4 is 34.5 Å². The zero-order valence-electron chi connectivity index (χ0n) is 23.0. The van der Waals surface area contributed by atoms with Crippen LogP contribution in [0.15, 0.2) is 71.6 Å². The van der Waals surface area contributed by atoms with Gasteiger partial charge in [0.05, 0.1) is 22.7 Å². The number of fused-ring (bicyclic) bond motifs is 1. The summed E-state index contributed by atoms with van der Waals surface area (Å²) < 4.78 is 13.4. The number of anilines is 1. The number of thioether (sulfide) groups is 1. The maximum Gasteiger partial charge on any atom is 0.248 e. The number of ether oxygens (including phenoxy) is 1. The zero-order chi connectivity index (χ0) is 30.1. The minimum atomic E-state index is -1.23. The predicted molar refractivity (Wildman–Crippen MR) is 162 cm³/mol. The van der Waals surface area contributed by atoms with Crippen LogP contribution in [0.25, 0.3) is 22.4 Å². The van der Waals surface area contributed by atoms with E-state index in [0.717, 1.165) is 16.8 Å². The van der Waals surface area contributed by atoms with E-state index in [4.69, 9.17) is 20.7 Å². The molecule has 1 fully saturated rings. The van der Waals surface area contributed by atoms with Gasteiger partial charge in [-0.3, -0.25) is 4.79 Å². The first kappa shape index (κ1) is 28.4. The van der Waals surface area contributed by atoms with Crippen LogP contribution in [0.2, 0.25) is 0 Å². The molecule has 1 amide bonds. The van der Waals surface area contributed by atoms with Crippen molar-refractivity contribution in [1.29, 1.82) is 0 Å². The van der Waals surface area contributed by atoms with Crippen molar-refractivity contribution in [2.45, 2.75) is 37.2 Å². The Labute approximate surface area is 250 Å². The molecule has 1 aliphatic rings. The fourth-order valence-electron chi connectivity index (χ4n) is 5.00. The van der Waals surface area contributed by atoms with Crippen molar-refractivity contribution in [3.05, 3.63) is 95.1 Å². The van der Waals surface area contributed by atoms with Gasteiger partial charge in [-0.1, -0.05) is 47.3 Å². The number of nitrogens with zero attached hydrogens (tertiary/aromatic N) is 4. The normalized spacial score (nSPS) is 19.8. The second-order valence-electron chi connectivity index (χ2n) is 10.1. The van der Waals surface area contributed by atoms with Crippen molar-refractivity contribution in [2.75, 3.05) is 11.5 Å². The molecular formula is C31H28N6O5S. The lowest BCUT2D eigenvalue weighted by molar-refractivity contribution is -0.0285. The van der Waals surface area contributed by atoms with Gasteiger partial charge in [0.25, 0.3) is 0 Å². The summed E-state index contributed by atoms with van der Waals surface area (Å²) in [7, 11) is 0. The summed E-state index contributed by atoms with van der Waals surface area (Å²) in [6.07, 6.45) is -0.935. The second-order valence-corrected chi connectivity index (χ2v) is 11.1. The van der Waals surface area contributed by atoms with Crippen LogP contribution in [0.4, 0.5) is 5.82 Å². The Kier molecular flexibility index (Phi) is 7.88. The van der Waals surface area contributed by atoms with Crippen LogP contribution >= 0.6 is 11.8 Å². The number of benzene rings is 2. The number of hydrogen-bond donors (Lipinski definition) is 4. The maximum atomic E-state index is 11.4. The highest BCUT2D eigenvalue weighted by molar-refractivity contribution is 7.98. The van der Waals surface area contributed by atoms with Crippen LogP contribution in [-0.2, 0) is 10.5 Å². The number of amides is 1. The van der Waals surface area contributed by atoms with E-state index < -0.39 is 30.4 Å². The second kappa shape index (κ2) is 11.9. The molecule has 0 unspecified atom stereocenters. The van der Waals surface area contributed by atoms with E-state index in [9.17, 15) is 15.0 Å².